The number of benzene rings is 2. The summed E-state index contributed by atoms with van der Waals surface area (Å²) in [6.07, 6.45) is 1.91. The number of fused-ring (bicyclic) bond motifs is 1. The molecular weight excluding hydrogens is 410 g/mol. The second-order valence-electron chi connectivity index (χ2n) is 8.29. The molecule has 0 spiro atoms. The van der Waals surface area contributed by atoms with Crippen LogP contribution in [0, 0.1) is 12.8 Å². The molecule has 1 aliphatic heterocycles. The van der Waals surface area contributed by atoms with Gasteiger partial charge in [0.1, 0.15) is 0 Å². The number of carbonyl (C=O) groups excluding carboxylic acids is 2. The SMILES string of the molecule is CC(=O)Nc1ccc2nc(CN3CCCC(C(=O)c4ccc(Cl)cc4C)C3)ccc2c1. The fourth-order valence-electron chi connectivity index (χ4n) is 4.30. The molecule has 1 atom stereocenters. The lowest BCUT2D eigenvalue weighted by atomic mass is 9.88. The van der Waals surface area contributed by atoms with E-state index in [1.54, 1.807) is 6.07 Å². The van der Waals surface area contributed by atoms with E-state index in [4.69, 9.17) is 16.6 Å². The number of Topliss-reactive ketones (excluding diaryl/α,β-unsaturated/α-hetero) is 1. The first kappa shape index (κ1) is 21.5. The number of piperidine rings is 1. The van der Waals surface area contributed by atoms with Crippen molar-refractivity contribution in [3.05, 3.63) is 70.4 Å². The Morgan fingerprint density at radius 1 is 1.16 bits per heavy atom. The number of carbonyl (C=O) groups is 2. The van der Waals surface area contributed by atoms with Crippen LogP contribution in [0.15, 0.2) is 48.5 Å². The lowest BCUT2D eigenvalue weighted by molar-refractivity contribution is -0.114. The average molecular weight is 436 g/mol. The highest BCUT2D eigenvalue weighted by atomic mass is 35.5. The predicted octanol–water partition coefficient (Wildman–Crippen LogP) is 5.25. The Kier molecular flexibility index (Phi) is 6.35. The van der Waals surface area contributed by atoms with Crippen molar-refractivity contribution >= 4 is 39.9 Å². The van der Waals surface area contributed by atoms with Crippen LogP contribution in [-0.4, -0.2) is 34.7 Å². The third kappa shape index (κ3) is 5.12. The van der Waals surface area contributed by atoms with Gasteiger partial charge in [-0.2, -0.15) is 0 Å². The highest BCUT2D eigenvalue weighted by Gasteiger charge is 2.27. The summed E-state index contributed by atoms with van der Waals surface area (Å²) in [7, 11) is 0. The summed E-state index contributed by atoms with van der Waals surface area (Å²) in [4.78, 5) is 31.5. The molecule has 1 N–H and O–H groups in total. The summed E-state index contributed by atoms with van der Waals surface area (Å²) in [5.74, 6) is 0.108. The van der Waals surface area contributed by atoms with Crippen molar-refractivity contribution in [1.29, 1.82) is 0 Å². The zero-order valence-electron chi connectivity index (χ0n) is 17.8. The van der Waals surface area contributed by atoms with E-state index in [-0.39, 0.29) is 17.6 Å². The van der Waals surface area contributed by atoms with Crippen molar-refractivity contribution in [3.63, 3.8) is 0 Å². The number of ketones is 1. The number of amides is 1. The third-order valence-corrected chi connectivity index (χ3v) is 6.02. The van der Waals surface area contributed by atoms with Gasteiger partial charge in [0.25, 0.3) is 0 Å². The number of aromatic nitrogens is 1. The Bertz CT molecular complexity index is 1140. The zero-order valence-corrected chi connectivity index (χ0v) is 18.6. The van der Waals surface area contributed by atoms with E-state index in [1.165, 1.54) is 6.92 Å². The highest BCUT2D eigenvalue weighted by molar-refractivity contribution is 6.30. The predicted molar refractivity (Wildman–Crippen MR) is 125 cm³/mol. The fraction of sp³-hybridized carbons (Fsp3) is 0.320. The molecule has 1 saturated heterocycles. The quantitative estimate of drug-likeness (QED) is 0.556. The molecule has 0 aliphatic carbocycles. The smallest absolute Gasteiger partial charge is 0.221 e. The van der Waals surface area contributed by atoms with E-state index in [9.17, 15) is 9.59 Å². The van der Waals surface area contributed by atoms with Crippen molar-refractivity contribution in [2.24, 2.45) is 5.92 Å². The topological polar surface area (TPSA) is 62.3 Å². The second-order valence-corrected chi connectivity index (χ2v) is 8.73. The molecule has 6 heteroatoms. The molecule has 2 aromatic carbocycles. The lowest BCUT2D eigenvalue weighted by Gasteiger charge is -2.32. The van der Waals surface area contributed by atoms with Gasteiger partial charge in [-0.15, -0.1) is 0 Å². The van der Waals surface area contributed by atoms with Crippen molar-refractivity contribution < 1.29 is 9.59 Å². The minimum Gasteiger partial charge on any atom is -0.326 e. The number of rotatable bonds is 5. The second kappa shape index (κ2) is 9.16. The lowest BCUT2D eigenvalue weighted by Crippen LogP contribution is -2.38. The van der Waals surface area contributed by atoms with Gasteiger partial charge in [0.15, 0.2) is 5.78 Å². The van der Waals surface area contributed by atoms with Crippen molar-refractivity contribution in [1.82, 2.24) is 9.88 Å². The molecular formula is C25H26ClN3O2. The third-order valence-electron chi connectivity index (χ3n) is 5.78. The van der Waals surface area contributed by atoms with Gasteiger partial charge in [0.2, 0.25) is 5.91 Å². The summed E-state index contributed by atoms with van der Waals surface area (Å²) in [5.41, 5.74) is 4.35. The molecule has 0 saturated carbocycles. The standard InChI is InChI=1S/C25H26ClN3O2/c1-16-12-20(26)6-9-23(16)25(31)19-4-3-11-29(14-19)15-22-7-5-18-13-21(27-17(2)30)8-10-24(18)28-22/h5-10,12-13,19H,3-4,11,14-15H2,1-2H3,(H,27,30). The van der Waals surface area contributed by atoms with E-state index >= 15 is 0 Å². The molecule has 1 unspecified atom stereocenters. The summed E-state index contributed by atoms with van der Waals surface area (Å²) < 4.78 is 0. The minimum atomic E-state index is -0.0908. The number of likely N-dealkylation sites (tertiary alicyclic amines) is 1. The number of halogens is 1. The maximum atomic E-state index is 13.1. The minimum absolute atomic E-state index is 0.00528. The van der Waals surface area contributed by atoms with Crippen LogP contribution in [0.1, 0.15) is 41.4 Å². The van der Waals surface area contributed by atoms with Crippen LogP contribution in [0.3, 0.4) is 0 Å². The molecule has 1 amide bonds. The van der Waals surface area contributed by atoms with Gasteiger partial charge in [-0.1, -0.05) is 17.7 Å². The number of nitrogens with one attached hydrogen (secondary N) is 1. The van der Waals surface area contributed by atoms with Crippen molar-refractivity contribution in [2.75, 3.05) is 18.4 Å². The Hall–Kier alpha value is -2.76. The molecule has 1 aromatic heterocycles. The number of aryl methyl sites for hydroxylation is 1. The first-order valence-electron chi connectivity index (χ1n) is 10.6. The first-order valence-corrected chi connectivity index (χ1v) is 11.0. The number of anilines is 1. The first-order chi connectivity index (χ1) is 14.9. The van der Waals surface area contributed by atoms with E-state index in [1.807, 2.05) is 49.4 Å². The van der Waals surface area contributed by atoms with E-state index in [0.29, 0.717) is 11.6 Å². The van der Waals surface area contributed by atoms with Gasteiger partial charge in [-0.05, 0) is 74.3 Å². The van der Waals surface area contributed by atoms with Crippen LogP contribution >= 0.6 is 11.6 Å². The maximum absolute atomic E-state index is 13.1. The van der Waals surface area contributed by atoms with Crippen LogP contribution < -0.4 is 5.32 Å². The number of hydrogen-bond acceptors (Lipinski definition) is 4. The molecule has 0 bridgehead atoms. The summed E-state index contributed by atoms with van der Waals surface area (Å²) in [5, 5.41) is 4.44. The molecule has 31 heavy (non-hydrogen) atoms. The maximum Gasteiger partial charge on any atom is 0.221 e. The zero-order chi connectivity index (χ0) is 22.0. The number of nitrogens with zero attached hydrogens (tertiary/aromatic N) is 2. The molecule has 2 heterocycles. The van der Waals surface area contributed by atoms with Crippen molar-refractivity contribution in [2.45, 2.75) is 33.2 Å². The molecule has 1 fully saturated rings. The Labute approximate surface area is 187 Å². The Balaban J connectivity index is 1.45. The van der Waals surface area contributed by atoms with Gasteiger partial charge in [0, 0.05) is 47.6 Å². The van der Waals surface area contributed by atoms with E-state index < -0.39 is 0 Å². The summed E-state index contributed by atoms with van der Waals surface area (Å²) in [6.45, 7) is 5.85. The van der Waals surface area contributed by atoms with E-state index in [0.717, 1.165) is 59.3 Å². The molecule has 4 rings (SSSR count). The van der Waals surface area contributed by atoms with Crippen LogP contribution in [0.25, 0.3) is 10.9 Å². The largest absolute Gasteiger partial charge is 0.326 e. The van der Waals surface area contributed by atoms with Gasteiger partial charge >= 0.3 is 0 Å². The van der Waals surface area contributed by atoms with Gasteiger partial charge in [-0.25, -0.2) is 0 Å². The van der Waals surface area contributed by atoms with Gasteiger partial charge in [-0.3, -0.25) is 19.5 Å². The Morgan fingerprint density at radius 2 is 2.00 bits per heavy atom. The van der Waals surface area contributed by atoms with Crippen LogP contribution in [0.2, 0.25) is 5.02 Å². The summed E-state index contributed by atoms with van der Waals surface area (Å²) >= 11 is 6.05. The highest BCUT2D eigenvalue weighted by Crippen LogP contribution is 2.25. The Morgan fingerprint density at radius 3 is 2.77 bits per heavy atom. The monoisotopic (exact) mass is 435 g/mol. The number of pyridine rings is 1. The van der Waals surface area contributed by atoms with Crippen molar-refractivity contribution in [3.8, 4) is 0 Å². The average Bonchev–Trinajstić information content (AvgIpc) is 2.73. The summed E-state index contributed by atoms with van der Waals surface area (Å²) in [6, 6.07) is 15.3. The molecule has 0 radical (unpaired) electrons. The molecule has 160 valence electrons. The molecule has 3 aromatic rings. The normalized spacial score (nSPS) is 16.9. The fourth-order valence-corrected chi connectivity index (χ4v) is 4.53. The number of hydrogen-bond donors (Lipinski definition) is 1. The molecule has 5 nitrogen and oxygen atoms in total. The van der Waals surface area contributed by atoms with Crippen LogP contribution in [0.4, 0.5) is 5.69 Å². The van der Waals surface area contributed by atoms with Crippen LogP contribution in [-0.2, 0) is 11.3 Å². The molecule has 1 aliphatic rings. The van der Waals surface area contributed by atoms with Gasteiger partial charge in [0.05, 0.1) is 11.2 Å². The van der Waals surface area contributed by atoms with E-state index in [2.05, 4.69) is 10.2 Å². The van der Waals surface area contributed by atoms with Gasteiger partial charge < -0.3 is 5.32 Å². The van der Waals surface area contributed by atoms with Crippen LogP contribution in [0.5, 0.6) is 0 Å².